The van der Waals surface area contributed by atoms with Gasteiger partial charge in [0.1, 0.15) is 12.6 Å². The second kappa shape index (κ2) is 4.92. The molecule has 0 atom stereocenters. The second-order valence-corrected chi connectivity index (χ2v) is 6.01. The van der Waals surface area contributed by atoms with Gasteiger partial charge in [-0.1, -0.05) is 24.3 Å². The first-order valence-corrected chi connectivity index (χ1v) is 7.64. The van der Waals surface area contributed by atoms with Gasteiger partial charge in [-0.3, -0.25) is 0 Å². The third-order valence-corrected chi connectivity index (χ3v) is 4.46. The predicted octanol–water partition coefficient (Wildman–Crippen LogP) is 4.83. The van der Waals surface area contributed by atoms with Crippen molar-refractivity contribution in [3.8, 4) is 11.3 Å². The standard InChI is InChI=1S/C20H17FNO/c1-12-7-9-14-15-10-8-13(2)18(21)20(15)23-19(14)17(12)16-6-4-5-11-22(16)3/h4-11H,1-3H3/q+1. The first-order chi connectivity index (χ1) is 11.1. The van der Waals surface area contributed by atoms with Gasteiger partial charge >= 0.3 is 0 Å². The van der Waals surface area contributed by atoms with E-state index >= 15 is 0 Å². The summed E-state index contributed by atoms with van der Waals surface area (Å²) in [4.78, 5) is 0. The Balaban J connectivity index is 2.19. The molecule has 2 heterocycles. The maximum Gasteiger partial charge on any atom is 0.216 e. The van der Waals surface area contributed by atoms with E-state index in [0.717, 1.165) is 33.2 Å². The van der Waals surface area contributed by atoms with Crippen molar-refractivity contribution >= 4 is 21.9 Å². The van der Waals surface area contributed by atoms with E-state index in [1.807, 2.05) is 37.5 Å². The number of furan rings is 1. The first-order valence-electron chi connectivity index (χ1n) is 7.64. The van der Waals surface area contributed by atoms with Crippen LogP contribution in [0.3, 0.4) is 0 Å². The number of nitrogens with zero attached hydrogens (tertiary/aromatic N) is 1. The van der Waals surface area contributed by atoms with Crippen molar-refractivity contribution in [2.45, 2.75) is 13.8 Å². The Morgan fingerprint density at radius 2 is 1.57 bits per heavy atom. The summed E-state index contributed by atoms with van der Waals surface area (Å²) in [6, 6.07) is 13.9. The van der Waals surface area contributed by atoms with Crippen LogP contribution in [0.5, 0.6) is 0 Å². The number of hydrogen-bond donors (Lipinski definition) is 0. The zero-order valence-corrected chi connectivity index (χ0v) is 13.4. The van der Waals surface area contributed by atoms with Crippen molar-refractivity contribution in [1.82, 2.24) is 0 Å². The van der Waals surface area contributed by atoms with Gasteiger partial charge in [0, 0.05) is 22.9 Å². The fourth-order valence-electron chi connectivity index (χ4n) is 3.17. The van der Waals surface area contributed by atoms with Gasteiger partial charge in [0.2, 0.25) is 5.69 Å². The zero-order chi connectivity index (χ0) is 16.1. The summed E-state index contributed by atoms with van der Waals surface area (Å²) >= 11 is 0. The van der Waals surface area contributed by atoms with E-state index in [4.69, 9.17) is 4.42 Å². The second-order valence-electron chi connectivity index (χ2n) is 6.01. The van der Waals surface area contributed by atoms with E-state index in [9.17, 15) is 4.39 Å². The number of pyridine rings is 1. The molecule has 23 heavy (non-hydrogen) atoms. The van der Waals surface area contributed by atoms with E-state index in [1.165, 1.54) is 0 Å². The molecule has 0 saturated heterocycles. The highest BCUT2D eigenvalue weighted by Gasteiger charge is 2.21. The van der Waals surface area contributed by atoms with Crippen LogP contribution in [0, 0.1) is 19.7 Å². The van der Waals surface area contributed by atoms with Crippen molar-refractivity contribution in [1.29, 1.82) is 0 Å². The van der Waals surface area contributed by atoms with Crippen LogP contribution in [-0.2, 0) is 7.05 Å². The van der Waals surface area contributed by atoms with Crippen LogP contribution in [0.4, 0.5) is 4.39 Å². The Morgan fingerprint density at radius 1 is 0.870 bits per heavy atom. The van der Waals surface area contributed by atoms with E-state index < -0.39 is 0 Å². The summed E-state index contributed by atoms with van der Waals surface area (Å²) in [7, 11) is 2.00. The molecule has 0 spiro atoms. The summed E-state index contributed by atoms with van der Waals surface area (Å²) in [6.07, 6.45) is 2.00. The van der Waals surface area contributed by atoms with Crippen LogP contribution in [0.1, 0.15) is 11.1 Å². The lowest BCUT2D eigenvalue weighted by atomic mass is 10.0. The molecule has 3 heteroatoms. The molecule has 0 saturated carbocycles. The molecule has 2 nitrogen and oxygen atoms in total. The molecule has 0 radical (unpaired) electrons. The van der Waals surface area contributed by atoms with Crippen molar-refractivity contribution in [3.63, 3.8) is 0 Å². The minimum absolute atomic E-state index is 0.278. The Kier molecular flexibility index (Phi) is 2.98. The Hall–Kier alpha value is -2.68. The van der Waals surface area contributed by atoms with E-state index in [1.54, 1.807) is 13.0 Å². The molecule has 2 aromatic carbocycles. The fraction of sp³-hybridized carbons (Fsp3) is 0.150. The molecule has 4 aromatic rings. The van der Waals surface area contributed by atoms with Crippen molar-refractivity contribution in [2.75, 3.05) is 0 Å². The average Bonchev–Trinajstić information content (AvgIpc) is 2.91. The quantitative estimate of drug-likeness (QED) is 0.460. The highest BCUT2D eigenvalue weighted by atomic mass is 19.1. The molecule has 114 valence electrons. The van der Waals surface area contributed by atoms with Gasteiger partial charge in [0.25, 0.3) is 0 Å². The average molecular weight is 306 g/mol. The summed E-state index contributed by atoms with van der Waals surface area (Å²) < 4.78 is 22.5. The molecule has 2 aromatic heterocycles. The Bertz CT molecular complexity index is 1060. The Labute approximate surface area is 133 Å². The molecule has 0 aliphatic carbocycles. The van der Waals surface area contributed by atoms with Crippen molar-refractivity contribution in [3.05, 3.63) is 65.6 Å². The predicted molar refractivity (Wildman–Crippen MR) is 89.8 cm³/mol. The summed E-state index contributed by atoms with van der Waals surface area (Å²) in [5, 5.41) is 1.77. The lowest BCUT2D eigenvalue weighted by molar-refractivity contribution is -0.660. The maximum absolute atomic E-state index is 14.5. The first kappa shape index (κ1) is 13.9. The lowest BCUT2D eigenvalue weighted by Crippen LogP contribution is -2.30. The monoisotopic (exact) mass is 306 g/mol. The highest BCUT2D eigenvalue weighted by Crippen LogP contribution is 2.38. The van der Waals surface area contributed by atoms with Gasteiger partial charge in [-0.05, 0) is 31.0 Å². The molecule has 0 aliphatic heterocycles. The Morgan fingerprint density at radius 3 is 2.30 bits per heavy atom. The van der Waals surface area contributed by atoms with Crippen LogP contribution in [0.2, 0.25) is 0 Å². The lowest BCUT2D eigenvalue weighted by Gasteiger charge is -2.04. The molecule has 0 fully saturated rings. The number of aryl methyl sites for hydroxylation is 3. The van der Waals surface area contributed by atoms with Gasteiger partial charge < -0.3 is 4.42 Å². The molecular weight excluding hydrogens is 289 g/mol. The number of fused-ring (bicyclic) bond motifs is 3. The molecular formula is C20H17FNO+. The number of halogens is 1. The largest absolute Gasteiger partial charge is 0.452 e. The van der Waals surface area contributed by atoms with Crippen LogP contribution in [0.15, 0.2) is 53.1 Å². The SMILES string of the molecule is Cc1ccc2c(oc3c(-c4cccc[n+]4C)c(C)ccc32)c1F. The third kappa shape index (κ3) is 1.96. The molecule has 0 unspecified atom stereocenters. The number of hydrogen-bond acceptors (Lipinski definition) is 1. The van der Waals surface area contributed by atoms with Gasteiger partial charge in [-0.25, -0.2) is 8.96 Å². The fourth-order valence-corrected chi connectivity index (χ4v) is 3.17. The number of benzene rings is 2. The molecule has 0 amide bonds. The van der Waals surface area contributed by atoms with E-state index in [0.29, 0.717) is 11.1 Å². The van der Waals surface area contributed by atoms with Crippen LogP contribution < -0.4 is 4.57 Å². The van der Waals surface area contributed by atoms with Crippen LogP contribution in [0.25, 0.3) is 33.2 Å². The minimum atomic E-state index is -0.278. The van der Waals surface area contributed by atoms with Gasteiger partial charge in [0.15, 0.2) is 17.6 Å². The molecule has 0 bridgehead atoms. The van der Waals surface area contributed by atoms with Gasteiger partial charge in [-0.15, -0.1) is 0 Å². The molecule has 0 aliphatic rings. The molecule has 0 N–H and O–H groups in total. The maximum atomic E-state index is 14.5. The van der Waals surface area contributed by atoms with Gasteiger partial charge in [0.05, 0.1) is 5.56 Å². The third-order valence-electron chi connectivity index (χ3n) is 4.46. The zero-order valence-electron chi connectivity index (χ0n) is 13.4. The van der Waals surface area contributed by atoms with Crippen LogP contribution >= 0.6 is 0 Å². The van der Waals surface area contributed by atoms with Crippen molar-refractivity contribution in [2.24, 2.45) is 7.05 Å². The van der Waals surface area contributed by atoms with E-state index in [-0.39, 0.29) is 5.82 Å². The summed E-state index contributed by atoms with van der Waals surface area (Å²) in [5.41, 5.74) is 4.85. The van der Waals surface area contributed by atoms with Gasteiger partial charge in [-0.2, -0.15) is 0 Å². The normalized spacial score (nSPS) is 11.5. The molecule has 4 rings (SSSR count). The number of rotatable bonds is 1. The summed E-state index contributed by atoms with van der Waals surface area (Å²) in [5.74, 6) is -0.278. The topological polar surface area (TPSA) is 17.0 Å². The number of aromatic nitrogens is 1. The van der Waals surface area contributed by atoms with E-state index in [2.05, 4.69) is 23.6 Å². The van der Waals surface area contributed by atoms with Crippen molar-refractivity contribution < 1.29 is 13.4 Å². The van der Waals surface area contributed by atoms with Crippen LogP contribution in [-0.4, -0.2) is 0 Å². The highest BCUT2D eigenvalue weighted by molar-refractivity contribution is 6.10. The minimum Gasteiger partial charge on any atom is -0.452 e. The smallest absolute Gasteiger partial charge is 0.216 e. The summed E-state index contributed by atoms with van der Waals surface area (Å²) in [6.45, 7) is 3.81.